The van der Waals surface area contributed by atoms with Gasteiger partial charge in [0.15, 0.2) is 0 Å². The first-order valence-electron chi connectivity index (χ1n) is 10.9. The molecule has 0 atom stereocenters. The summed E-state index contributed by atoms with van der Waals surface area (Å²) in [5.74, 6) is 0. The van der Waals surface area contributed by atoms with Crippen molar-refractivity contribution in [2.75, 3.05) is 57.8 Å². The fourth-order valence-electron chi connectivity index (χ4n) is 3.78. The first kappa shape index (κ1) is 22.3. The summed E-state index contributed by atoms with van der Waals surface area (Å²) in [6.07, 6.45) is 1.86. The van der Waals surface area contributed by atoms with Gasteiger partial charge in [-0.15, -0.1) is 0 Å². The fraction of sp³-hybridized carbons (Fsp3) is 0.269. The van der Waals surface area contributed by atoms with Gasteiger partial charge in [-0.3, -0.25) is 0 Å². The molecule has 0 unspecified atom stereocenters. The molecule has 4 rings (SSSR count). The average Bonchev–Trinajstić information content (AvgIpc) is 3.23. The number of nitrogens with zero attached hydrogens (tertiary/aromatic N) is 3. The lowest BCUT2D eigenvalue weighted by molar-refractivity contribution is 0.416. The van der Waals surface area contributed by atoms with Crippen LogP contribution >= 0.6 is 7.92 Å². The molecular formula is C26H32N5P. The Morgan fingerprint density at radius 2 is 1.66 bits per heavy atom. The van der Waals surface area contributed by atoms with E-state index in [0.717, 1.165) is 41.1 Å². The van der Waals surface area contributed by atoms with Crippen LogP contribution in [0.25, 0.3) is 22.3 Å². The van der Waals surface area contributed by atoms with E-state index in [0.29, 0.717) is 0 Å². The van der Waals surface area contributed by atoms with Crippen LogP contribution in [0.4, 0.5) is 17.1 Å². The molecule has 5 nitrogen and oxygen atoms in total. The lowest BCUT2D eigenvalue weighted by atomic mass is 10.1. The van der Waals surface area contributed by atoms with Gasteiger partial charge in [0.2, 0.25) is 0 Å². The molecule has 6 heteroatoms. The quantitative estimate of drug-likeness (QED) is 0.360. The first-order valence-corrected chi connectivity index (χ1v) is 13.1. The topological polar surface area (TPSA) is 47.2 Å². The SMILES string of the molecule is CN(C)CCN(C)c1ccc(-c2cc3c(Nc4ccccc4P(C)C)ccnc3[nH]2)cc1. The van der Waals surface area contributed by atoms with E-state index in [2.05, 4.69) is 114 Å². The molecule has 0 radical (unpaired) electrons. The number of benzene rings is 2. The third-order valence-corrected chi connectivity index (χ3v) is 7.04. The molecule has 166 valence electrons. The highest BCUT2D eigenvalue weighted by molar-refractivity contribution is 7.64. The van der Waals surface area contributed by atoms with Crippen LogP contribution in [-0.2, 0) is 0 Å². The molecule has 0 spiro atoms. The Balaban J connectivity index is 1.60. The number of nitrogens with one attached hydrogen (secondary N) is 2. The first-order chi connectivity index (χ1) is 15.4. The van der Waals surface area contributed by atoms with Gasteiger partial charge in [-0.1, -0.05) is 38.3 Å². The Kier molecular flexibility index (Phi) is 6.78. The van der Waals surface area contributed by atoms with E-state index in [1.807, 2.05) is 12.3 Å². The summed E-state index contributed by atoms with van der Waals surface area (Å²) in [4.78, 5) is 12.6. The van der Waals surface area contributed by atoms with Crippen LogP contribution in [0.3, 0.4) is 0 Å². The predicted molar refractivity (Wildman–Crippen MR) is 141 cm³/mol. The van der Waals surface area contributed by atoms with Crippen molar-refractivity contribution in [3.63, 3.8) is 0 Å². The molecule has 0 fully saturated rings. The van der Waals surface area contributed by atoms with Crippen molar-refractivity contribution in [2.45, 2.75) is 0 Å². The number of pyridine rings is 1. The van der Waals surface area contributed by atoms with Crippen molar-refractivity contribution in [3.8, 4) is 11.3 Å². The lowest BCUT2D eigenvalue weighted by Gasteiger charge is -2.21. The number of H-pyrrole nitrogens is 1. The number of hydrogen-bond acceptors (Lipinski definition) is 4. The van der Waals surface area contributed by atoms with E-state index in [1.54, 1.807) is 0 Å². The Bertz CT molecular complexity index is 1180. The van der Waals surface area contributed by atoms with Gasteiger partial charge < -0.3 is 20.1 Å². The summed E-state index contributed by atoms with van der Waals surface area (Å²) in [5.41, 5.74) is 6.59. The van der Waals surface area contributed by atoms with Crippen LogP contribution in [0.1, 0.15) is 0 Å². The van der Waals surface area contributed by atoms with Gasteiger partial charge >= 0.3 is 0 Å². The van der Waals surface area contributed by atoms with Crippen LogP contribution in [0.5, 0.6) is 0 Å². The highest BCUT2D eigenvalue weighted by atomic mass is 31.1. The Morgan fingerprint density at radius 1 is 0.906 bits per heavy atom. The van der Waals surface area contributed by atoms with Crippen LogP contribution in [0, 0.1) is 0 Å². The molecule has 2 N–H and O–H groups in total. The number of fused-ring (bicyclic) bond motifs is 1. The van der Waals surface area contributed by atoms with E-state index in [9.17, 15) is 0 Å². The molecule has 0 amide bonds. The van der Waals surface area contributed by atoms with Crippen molar-refractivity contribution >= 4 is 41.3 Å². The van der Waals surface area contributed by atoms with Crippen molar-refractivity contribution in [2.24, 2.45) is 0 Å². The normalized spacial score (nSPS) is 11.5. The van der Waals surface area contributed by atoms with Crippen LogP contribution < -0.4 is 15.5 Å². The van der Waals surface area contributed by atoms with Gasteiger partial charge in [-0.2, -0.15) is 0 Å². The third kappa shape index (κ3) is 4.95. The molecule has 32 heavy (non-hydrogen) atoms. The zero-order chi connectivity index (χ0) is 22.7. The van der Waals surface area contributed by atoms with Crippen molar-refractivity contribution in [1.29, 1.82) is 0 Å². The minimum Gasteiger partial charge on any atom is -0.373 e. The zero-order valence-electron chi connectivity index (χ0n) is 19.6. The number of rotatable bonds is 8. The molecule has 0 aliphatic carbocycles. The fourth-order valence-corrected chi connectivity index (χ4v) is 4.78. The van der Waals surface area contributed by atoms with Gasteiger partial charge in [-0.05, 0) is 68.6 Å². The standard InChI is InChI=1S/C26H32N5P/c1-30(2)16-17-31(3)20-12-10-19(11-13-20)24-18-21-22(14-15-27-26(21)29-24)28-23-8-6-7-9-25(23)32(4)5/h6-15,18H,16-17H2,1-5H3,(H2,27,28,29). The lowest BCUT2D eigenvalue weighted by Crippen LogP contribution is -2.28. The molecule has 2 aromatic heterocycles. The molecule has 4 aromatic rings. The smallest absolute Gasteiger partial charge is 0.139 e. The second-order valence-electron chi connectivity index (χ2n) is 8.61. The van der Waals surface area contributed by atoms with E-state index in [-0.39, 0.29) is 7.92 Å². The minimum absolute atomic E-state index is 0.195. The van der Waals surface area contributed by atoms with Crippen molar-refractivity contribution in [3.05, 3.63) is 66.9 Å². The average molecular weight is 446 g/mol. The molecule has 0 saturated heterocycles. The second kappa shape index (κ2) is 9.72. The molecule has 2 heterocycles. The number of hydrogen-bond donors (Lipinski definition) is 2. The largest absolute Gasteiger partial charge is 0.373 e. The highest BCUT2D eigenvalue weighted by Gasteiger charge is 2.11. The molecule has 0 aliphatic rings. The summed E-state index contributed by atoms with van der Waals surface area (Å²) in [5, 5.41) is 6.12. The maximum absolute atomic E-state index is 4.57. The second-order valence-corrected chi connectivity index (χ2v) is 10.9. The molecule has 0 bridgehead atoms. The molecule has 0 saturated carbocycles. The molecular weight excluding hydrogens is 413 g/mol. The Labute approximate surface area is 192 Å². The van der Waals surface area contributed by atoms with E-state index >= 15 is 0 Å². The predicted octanol–water partition coefficient (Wildman–Crippen LogP) is 5.34. The summed E-state index contributed by atoms with van der Waals surface area (Å²) in [6.45, 7) is 6.60. The summed E-state index contributed by atoms with van der Waals surface area (Å²) < 4.78 is 0. The number of aromatic nitrogens is 2. The van der Waals surface area contributed by atoms with Gasteiger partial charge in [0.1, 0.15) is 5.65 Å². The summed E-state index contributed by atoms with van der Waals surface area (Å²) in [7, 11) is 6.15. The van der Waals surface area contributed by atoms with E-state index in [1.165, 1.54) is 16.7 Å². The van der Waals surface area contributed by atoms with Crippen molar-refractivity contribution in [1.82, 2.24) is 14.9 Å². The van der Waals surface area contributed by atoms with Gasteiger partial charge in [-0.25, -0.2) is 4.98 Å². The van der Waals surface area contributed by atoms with E-state index < -0.39 is 0 Å². The number of anilines is 3. The van der Waals surface area contributed by atoms with Gasteiger partial charge in [0.05, 0.1) is 5.69 Å². The van der Waals surface area contributed by atoms with Crippen molar-refractivity contribution < 1.29 is 0 Å². The zero-order valence-corrected chi connectivity index (χ0v) is 20.4. The Morgan fingerprint density at radius 3 is 2.38 bits per heavy atom. The van der Waals surface area contributed by atoms with Crippen LogP contribution in [0.15, 0.2) is 66.9 Å². The number of likely N-dealkylation sites (N-methyl/N-ethyl adjacent to an activating group) is 2. The van der Waals surface area contributed by atoms with Gasteiger partial charge in [0.25, 0.3) is 0 Å². The highest BCUT2D eigenvalue weighted by Crippen LogP contribution is 2.33. The molecule has 0 aliphatic heterocycles. The summed E-state index contributed by atoms with van der Waals surface area (Å²) in [6, 6.07) is 21.5. The van der Waals surface area contributed by atoms with Crippen LogP contribution in [-0.4, -0.2) is 62.4 Å². The maximum Gasteiger partial charge on any atom is 0.139 e. The minimum atomic E-state index is -0.195. The number of aromatic amines is 1. The maximum atomic E-state index is 4.57. The number of para-hydroxylation sites is 1. The molecule has 2 aromatic carbocycles. The van der Waals surface area contributed by atoms with Gasteiger partial charge in [0, 0.05) is 48.8 Å². The Hall–Kier alpha value is -2.88. The third-order valence-electron chi connectivity index (χ3n) is 5.69. The monoisotopic (exact) mass is 445 g/mol. The van der Waals surface area contributed by atoms with E-state index in [4.69, 9.17) is 0 Å². The summed E-state index contributed by atoms with van der Waals surface area (Å²) >= 11 is 0. The van der Waals surface area contributed by atoms with Crippen LogP contribution in [0.2, 0.25) is 0 Å².